The van der Waals surface area contributed by atoms with Gasteiger partial charge in [-0.05, 0) is 106 Å². The van der Waals surface area contributed by atoms with Gasteiger partial charge < -0.3 is 9.47 Å². The Morgan fingerprint density at radius 2 is 1.07 bits per heavy atom. The molecule has 0 N–H and O–H groups in total. The molecule has 0 atom stereocenters. The van der Waals surface area contributed by atoms with Gasteiger partial charge in [0.25, 0.3) is 0 Å². The molecule has 0 saturated carbocycles. The van der Waals surface area contributed by atoms with Gasteiger partial charge in [-0.1, -0.05) is 76.6 Å². The van der Waals surface area contributed by atoms with E-state index < -0.39 is 23.1 Å². The van der Waals surface area contributed by atoms with Gasteiger partial charge in [0, 0.05) is 5.33 Å². The lowest BCUT2D eigenvalue weighted by atomic mass is 9.98. The molecule has 0 amide bonds. The van der Waals surface area contributed by atoms with E-state index in [1.165, 1.54) is 12.1 Å². The Morgan fingerprint density at radius 3 is 1.47 bits per heavy atom. The van der Waals surface area contributed by atoms with Crippen molar-refractivity contribution >= 4 is 27.9 Å². The van der Waals surface area contributed by atoms with E-state index in [2.05, 4.69) is 15.9 Å². The number of hydrogen-bond donors (Lipinski definition) is 0. The molecule has 4 rings (SSSR count). The van der Waals surface area contributed by atoms with Crippen molar-refractivity contribution in [3.8, 4) is 22.3 Å². The van der Waals surface area contributed by atoms with E-state index in [-0.39, 0.29) is 11.6 Å². The number of hydrogen-bond acceptors (Lipinski definition) is 4. The average molecular weight is 652 g/mol. The molecular weight excluding hydrogens is 614 g/mol. The zero-order valence-electron chi connectivity index (χ0n) is 25.6. The first kappa shape index (κ1) is 33.7. The standard InChI is InChI=1S/C18H18BrFO2.C18H19FO2/c1-18(2,3)22-17(21)15-7-5-4-6-14(15)12-8-9-13(11-19)16(20)10-12;1-12-9-10-13(11-16(12)19)14-7-5-6-8-15(14)17(20)21-18(2,3)4/h4-10H,11H2,1-3H3;5-11H,1-4H3. The van der Waals surface area contributed by atoms with Crippen LogP contribution in [0.4, 0.5) is 8.78 Å². The van der Waals surface area contributed by atoms with Gasteiger partial charge >= 0.3 is 11.9 Å². The fraction of sp³-hybridized carbons (Fsp3) is 0.278. The lowest BCUT2D eigenvalue weighted by Gasteiger charge is -2.20. The number of rotatable bonds is 5. The van der Waals surface area contributed by atoms with Crippen molar-refractivity contribution in [1.82, 2.24) is 0 Å². The normalized spacial score (nSPS) is 11.3. The molecular formula is C36H37BrF2O4. The van der Waals surface area contributed by atoms with Crippen LogP contribution < -0.4 is 0 Å². The topological polar surface area (TPSA) is 52.6 Å². The average Bonchev–Trinajstić information content (AvgIpc) is 2.93. The molecule has 0 bridgehead atoms. The lowest BCUT2D eigenvalue weighted by molar-refractivity contribution is 0.00578. The van der Waals surface area contributed by atoms with Gasteiger partial charge in [-0.15, -0.1) is 0 Å². The Bertz CT molecular complexity index is 1600. The highest BCUT2D eigenvalue weighted by Gasteiger charge is 2.22. The van der Waals surface area contributed by atoms with Crippen molar-refractivity contribution in [3.63, 3.8) is 0 Å². The van der Waals surface area contributed by atoms with Gasteiger partial charge in [0.05, 0.1) is 11.1 Å². The SMILES string of the molecule is CC(C)(C)OC(=O)c1ccccc1-c1ccc(CBr)c(F)c1.Cc1ccc(-c2ccccc2C(=O)OC(C)(C)C)cc1F. The Hall–Kier alpha value is -3.84. The Balaban J connectivity index is 0.000000236. The molecule has 0 aliphatic heterocycles. The minimum Gasteiger partial charge on any atom is -0.456 e. The largest absolute Gasteiger partial charge is 0.456 e. The van der Waals surface area contributed by atoms with Crippen LogP contribution in [0, 0.1) is 18.6 Å². The number of alkyl halides is 1. The van der Waals surface area contributed by atoms with Crippen molar-refractivity contribution in [1.29, 1.82) is 0 Å². The molecule has 0 saturated heterocycles. The van der Waals surface area contributed by atoms with Crippen LogP contribution in [-0.4, -0.2) is 23.1 Å². The number of ether oxygens (including phenoxy) is 2. The van der Waals surface area contributed by atoms with Crippen LogP contribution in [0.2, 0.25) is 0 Å². The first-order valence-corrected chi connectivity index (χ1v) is 15.0. The predicted octanol–water partition coefficient (Wildman–Crippen LogP) is 10.1. The molecule has 0 aliphatic carbocycles. The summed E-state index contributed by atoms with van der Waals surface area (Å²) >= 11 is 3.25. The van der Waals surface area contributed by atoms with Gasteiger partial charge in [0.1, 0.15) is 22.8 Å². The number of carbonyl (C=O) groups excluding carboxylic acids is 2. The van der Waals surface area contributed by atoms with E-state index in [1.807, 2.05) is 65.8 Å². The molecule has 0 radical (unpaired) electrons. The molecule has 7 heteroatoms. The maximum Gasteiger partial charge on any atom is 0.339 e. The highest BCUT2D eigenvalue weighted by atomic mass is 79.9. The zero-order chi connectivity index (χ0) is 31.9. The van der Waals surface area contributed by atoms with Gasteiger partial charge in [0.2, 0.25) is 0 Å². The molecule has 0 heterocycles. The summed E-state index contributed by atoms with van der Waals surface area (Å²) in [4.78, 5) is 24.6. The van der Waals surface area contributed by atoms with E-state index in [4.69, 9.17) is 9.47 Å². The van der Waals surface area contributed by atoms with Gasteiger partial charge in [-0.2, -0.15) is 0 Å². The molecule has 4 aromatic rings. The third-order valence-corrected chi connectivity index (χ3v) is 6.69. The predicted molar refractivity (Wildman–Crippen MR) is 171 cm³/mol. The summed E-state index contributed by atoms with van der Waals surface area (Å²) in [6.07, 6.45) is 0. The summed E-state index contributed by atoms with van der Waals surface area (Å²) < 4.78 is 38.6. The van der Waals surface area contributed by atoms with Crippen molar-refractivity contribution in [2.24, 2.45) is 0 Å². The number of esters is 2. The molecule has 43 heavy (non-hydrogen) atoms. The van der Waals surface area contributed by atoms with Crippen molar-refractivity contribution in [3.05, 3.63) is 119 Å². The zero-order valence-corrected chi connectivity index (χ0v) is 27.1. The first-order valence-electron chi connectivity index (χ1n) is 13.9. The number of carbonyl (C=O) groups is 2. The molecule has 4 aromatic carbocycles. The molecule has 226 valence electrons. The van der Waals surface area contributed by atoms with Crippen LogP contribution in [0.5, 0.6) is 0 Å². The minimum absolute atomic E-state index is 0.286. The Morgan fingerprint density at radius 1 is 0.651 bits per heavy atom. The smallest absolute Gasteiger partial charge is 0.339 e. The molecule has 0 aromatic heterocycles. The molecule has 0 unspecified atom stereocenters. The first-order chi connectivity index (χ1) is 20.1. The van der Waals surface area contributed by atoms with E-state index in [1.54, 1.807) is 55.5 Å². The quantitative estimate of drug-likeness (QED) is 0.159. The van der Waals surface area contributed by atoms with Crippen LogP contribution in [-0.2, 0) is 14.8 Å². The molecule has 4 nitrogen and oxygen atoms in total. The van der Waals surface area contributed by atoms with Crippen LogP contribution >= 0.6 is 15.9 Å². The van der Waals surface area contributed by atoms with E-state index >= 15 is 0 Å². The summed E-state index contributed by atoms with van der Waals surface area (Å²) in [5.74, 6) is -1.40. The molecule has 0 spiro atoms. The Labute approximate surface area is 261 Å². The third kappa shape index (κ3) is 9.58. The van der Waals surface area contributed by atoms with Crippen LogP contribution in [0.25, 0.3) is 22.3 Å². The number of benzene rings is 4. The fourth-order valence-corrected chi connectivity index (χ4v) is 4.53. The lowest BCUT2D eigenvalue weighted by Crippen LogP contribution is -2.24. The summed E-state index contributed by atoms with van der Waals surface area (Å²) in [6, 6.07) is 24.1. The summed E-state index contributed by atoms with van der Waals surface area (Å²) in [7, 11) is 0. The van der Waals surface area contributed by atoms with Crippen LogP contribution in [0.3, 0.4) is 0 Å². The van der Waals surface area contributed by atoms with E-state index in [0.717, 1.165) is 0 Å². The van der Waals surface area contributed by atoms with Crippen LogP contribution in [0.1, 0.15) is 73.4 Å². The van der Waals surface area contributed by atoms with Gasteiger partial charge in [0.15, 0.2) is 0 Å². The maximum absolute atomic E-state index is 14.0. The van der Waals surface area contributed by atoms with Gasteiger partial charge in [-0.25, -0.2) is 18.4 Å². The van der Waals surface area contributed by atoms with Gasteiger partial charge in [-0.3, -0.25) is 0 Å². The fourth-order valence-electron chi connectivity index (χ4n) is 4.08. The van der Waals surface area contributed by atoms with Crippen molar-refractivity contribution in [2.75, 3.05) is 0 Å². The molecule has 0 fully saturated rings. The van der Waals surface area contributed by atoms with Crippen molar-refractivity contribution < 1.29 is 27.8 Å². The second-order valence-corrected chi connectivity index (χ2v) is 12.6. The number of halogens is 3. The highest BCUT2D eigenvalue weighted by Crippen LogP contribution is 2.29. The highest BCUT2D eigenvalue weighted by molar-refractivity contribution is 9.08. The van der Waals surface area contributed by atoms with E-state index in [9.17, 15) is 18.4 Å². The Kier molecular flexibility index (Phi) is 11.0. The van der Waals surface area contributed by atoms with Crippen LogP contribution in [0.15, 0.2) is 84.9 Å². The minimum atomic E-state index is -0.574. The monoisotopic (exact) mass is 650 g/mol. The summed E-state index contributed by atoms with van der Waals surface area (Å²) in [6.45, 7) is 12.6. The third-order valence-electron chi connectivity index (χ3n) is 6.08. The maximum atomic E-state index is 14.0. The van der Waals surface area contributed by atoms with Crippen molar-refractivity contribution in [2.45, 2.75) is 65.0 Å². The second-order valence-electron chi connectivity index (χ2n) is 12.0. The van der Waals surface area contributed by atoms with E-state index in [0.29, 0.717) is 49.8 Å². The summed E-state index contributed by atoms with van der Waals surface area (Å²) in [5.41, 5.74) is 3.55. The number of aryl methyl sites for hydroxylation is 1. The second kappa shape index (κ2) is 14.1. The molecule has 0 aliphatic rings. The summed E-state index contributed by atoms with van der Waals surface area (Å²) in [5, 5.41) is 0.451.